The van der Waals surface area contributed by atoms with E-state index in [0.717, 1.165) is 25.9 Å². The lowest BCUT2D eigenvalue weighted by atomic mass is 9.68. The van der Waals surface area contributed by atoms with Gasteiger partial charge in [-0.1, -0.05) is 6.42 Å². The Hall–Kier alpha value is -1.10. The van der Waals surface area contributed by atoms with E-state index in [0.29, 0.717) is 25.3 Å². The minimum Gasteiger partial charge on any atom is -0.480 e. The van der Waals surface area contributed by atoms with E-state index in [-0.39, 0.29) is 5.91 Å². The van der Waals surface area contributed by atoms with Crippen LogP contribution in [0.15, 0.2) is 0 Å². The number of rotatable bonds is 5. The maximum absolute atomic E-state index is 12.0. The molecule has 2 rings (SSSR count). The van der Waals surface area contributed by atoms with Gasteiger partial charge in [0.1, 0.15) is 5.41 Å². The average molecular weight is 268 g/mol. The Kier molecular flexibility index (Phi) is 4.45. The number of hydrogen-bond donors (Lipinski definition) is 2. The van der Waals surface area contributed by atoms with Crippen molar-refractivity contribution in [1.82, 2.24) is 10.2 Å². The monoisotopic (exact) mass is 268 g/mol. The molecule has 0 radical (unpaired) electrons. The first-order valence-electron chi connectivity index (χ1n) is 7.25. The molecular formula is C14H24N2O3. The lowest BCUT2D eigenvalue weighted by Gasteiger charge is -2.36. The first-order chi connectivity index (χ1) is 9.04. The molecule has 1 saturated carbocycles. The normalized spacial score (nSPS) is 23.6. The zero-order chi connectivity index (χ0) is 13.9. The third-order valence-corrected chi connectivity index (χ3v) is 4.73. The van der Waals surface area contributed by atoms with E-state index < -0.39 is 11.4 Å². The molecule has 1 aliphatic carbocycles. The molecule has 2 aliphatic rings. The quantitative estimate of drug-likeness (QED) is 0.732. The second kappa shape index (κ2) is 5.90. The number of nitrogens with zero attached hydrogens (tertiary/aromatic N) is 1. The van der Waals surface area contributed by atoms with Crippen molar-refractivity contribution in [3.05, 3.63) is 0 Å². The Morgan fingerprint density at radius 2 is 1.95 bits per heavy atom. The van der Waals surface area contributed by atoms with E-state index in [1.54, 1.807) is 0 Å². The van der Waals surface area contributed by atoms with Crippen molar-refractivity contribution < 1.29 is 14.7 Å². The van der Waals surface area contributed by atoms with Gasteiger partial charge in [0.25, 0.3) is 0 Å². The van der Waals surface area contributed by atoms with Gasteiger partial charge in [0.15, 0.2) is 0 Å². The Bertz CT molecular complexity index is 345. The molecule has 1 amide bonds. The first kappa shape index (κ1) is 14.3. The van der Waals surface area contributed by atoms with Gasteiger partial charge in [0, 0.05) is 6.54 Å². The Morgan fingerprint density at radius 1 is 1.32 bits per heavy atom. The van der Waals surface area contributed by atoms with Gasteiger partial charge in [-0.05, 0) is 58.2 Å². The van der Waals surface area contributed by atoms with Crippen LogP contribution in [0, 0.1) is 11.3 Å². The van der Waals surface area contributed by atoms with E-state index >= 15 is 0 Å². The molecule has 1 heterocycles. The molecule has 2 fully saturated rings. The summed E-state index contributed by atoms with van der Waals surface area (Å²) >= 11 is 0. The summed E-state index contributed by atoms with van der Waals surface area (Å²) in [5.74, 6) is -0.576. The maximum Gasteiger partial charge on any atom is 0.319 e. The van der Waals surface area contributed by atoms with Crippen LogP contribution in [0.5, 0.6) is 0 Å². The van der Waals surface area contributed by atoms with Crippen LogP contribution in [0.25, 0.3) is 0 Å². The summed E-state index contributed by atoms with van der Waals surface area (Å²) in [5.41, 5.74) is -1.12. The van der Waals surface area contributed by atoms with Crippen molar-refractivity contribution in [2.24, 2.45) is 11.3 Å². The van der Waals surface area contributed by atoms with Crippen LogP contribution >= 0.6 is 0 Å². The Labute approximate surface area is 114 Å². The van der Waals surface area contributed by atoms with Crippen LogP contribution in [0.2, 0.25) is 0 Å². The number of aliphatic carboxylic acids is 1. The highest BCUT2D eigenvalue weighted by molar-refractivity contribution is 6.02. The number of carboxylic acids is 1. The zero-order valence-corrected chi connectivity index (χ0v) is 11.7. The smallest absolute Gasteiger partial charge is 0.319 e. The number of carbonyl (C=O) groups excluding carboxylic acids is 1. The molecule has 0 unspecified atom stereocenters. The molecule has 1 aliphatic heterocycles. The molecular weight excluding hydrogens is 244 g/mol. The minimum atomic E-state index is -1.12. The topological polar surface area (TPSA) is 69.6 Å². The number of piperidine rings is 1. The van der Waals surface area contributed by atoms with Crippen LogP contribution in [-0.4, -0.2) is 48.6 Å². The van der Waals surface area contributed by atoms with E-state index in [9.17, 15) is 9.59 Å². The number of carbonyl (C=O) groups is 2. The molecule has 5 heteroatoms. The molecule has 0 aromatic carbocycles. The lowest BCUT2D eigenvalue weighted by molar-refractivity contribution is -0.162. The summed E-state index contributed by atoms with van der Waals surface area (Å²) < 4.78 is 0. The molecule has 0 bridgehead atoms. The van der Waals surface area contributed by atoms with Gasteiger partial charge in [-0.2, -0.15) is 0 Å². The number of carboxylic acid groups (broad SMARTS) is 1. The molecule has 1 saturated heterocycles. The highest BCUT2D eigenvalue weighted by Crippen LogP contribution is 2.41. The van der Waals surface area contributed by atoms with Crippen molar-refractivity contribution >= 4 is 11.9 Å². The SMILES string of the molecule is CN1CCC(CCNC(=O)C2(C(=O)O)CCC2)CC1. The largest absolute Gasteiger partial charge is 0.480 e. The predicted octanol–water partition coefficient (Wildman–Crippen LogP) is 1.09. The summed E-state index contributed by atoms with van der Waals surface area (Å²) in [7, 11) is 2.13. The van der Waals surface area contributed by atoms with E-state index in [1.165, 1.54) is 12.8 Å². The van der Waals surface area contributed by atoms with Crippen molar-refractivity contribution in [3.8, 4) is 0 Å². The zero-order valence-electron chi connectivity index (χ0n) is 11.7. The molecule has 0 aromatic rings. The van der Waals surface area contributed by atoms with Gasteiger partial charge < -0.3 is 15.3 Å². The standard InChI is InChI=1S/C14H24N2O3/c1-16-9-4-11(5-10-16)3-8-15-12(17)14(13(18)19)6-2-7-14/h11H,2-10H2,1H3,(H,15,17)(H,18,19). The van der Waals surface area contributed by atoms with Crippen LogP contribution < -0.4 is 5.32 Å². The van der Waals surface area contributed by atoms with Crippen molar-refractivity contribution in [2.45, 2.75) is 38.5 Å². The summed E-state index contributed by atoms with van der Waals surface area (Å²) in [6, 6.07) is 0. The molecule has 0 atom stereocenters. The van der Waals surface area contributed by atoms with Crippen LogP contribution in [0.1, 0.15) is 38.5 Å². The van der Waals surface area contributed by atoms with Gasteiger partial charge in [-0.3, -0.25) is 9.59 Å². The summed E-state index contributed by atoms with van der Waals surface area (Å²) in [5, 5.41) is 12.0. The number of hydrogen-bond acceptors (Lipinski definition) is 3. The molecule has 19 heavy (non-hydrogen) atoms. The number of amides is 1. The Morgan fingerprint density at radius 3 is 2.42 bits per heavy atom. The fourth-order valence-corrected chi connectivity index (χ4v) is 2.98. The highest BCUT2D eigenvalue weighted by Gasteiger charge is 2.50. The molecule has 0 spiro atoms. The van der Waals surface area contributed by atoms with E-state index in [1.807, 2.05) is 0 Å². The van der Waals surface area contributed by atoms with Crippen molar-refractivity contribution in [1.29, 1.82) is 0 Å². The van der Waals surface area contributed by atoms with Gasteiger partial charge in [-0.25, -0.2) is 0 Å². The second-order valence-electron chi connectivity index (χ2n) is 6.03. The van der Waals surface area contributed by atoms with Crippen LogP contribution in [0.3, 0.4) is 0 Å². The average Bonchev–Trinajstić information content (AvgIpc) is 2.29. The fourth-order valence-electron chi connectivity index (χ4n) is 2.98. The molecule has 0 aromatic heterocycles. The summed E-state index contributed by atoms with van der Waals surface area (Å²) in [6.07, 6.45) is 5.14. The highest BCUT2D eigenvalue weighted by atomic mass is 16.4. The molecule has 2 N–H and O–H groups in total. The van der Waals surface area contributed by atoms with Gasteiger partial charge in [0.2, 0.25) is 5.91 Å². The van der Waals surface area contributed by atoms with Gasteiger partial charge >= 0.3 is 5.97 Å². The first-order valence-corrected chi connectivity index (χ1v) is 7.25. The summed E-state index contributed by atoms with van der Waals surface area (Å²) in [6.45, 7) is 2.86. The minimum absolute atomic E-state index is 0.279. The lowest BCUT2D eigenvalue weighted by Crippen LogP contribution is -2.51. The van der Waals surface area contributed by atoms with Crippen LogP contribution in [0.4, 0.5) is 0 Å². The van der Waals surface area contributed by atoms with Crippen molar-refractivity contribution in [3.63, 3.8) is 0 Å². The molecule has 5 nitrogen and oxygen atoms in total. The third-order valence-electron chi connectivity index (χ3n) is 4.73. The number of nitrogens with one attached hydrogen (secondary N) is 1. The second-order valence-corrected chi connectivity index (χ2v) is 6.03. The van der Waals surface area contributed by atoms with E-state index in [2.05, 4.69) is 17.3 Å². The number of likely N-dealkylation sites (tertiary alicyclic amines) is 1. The Balaban J connectivity index is 1.71. The molecule has 108 valence electrons. The predicted molar refractivity (Wildman–Crippen MR) is 71.8 cm³/mol. The maximum atomic E-state index is 12.0. The third kappa shape index (κ3) is 3.08. The fraction of sp³-hybridized carbons (Fsp3) is 0.857. The summed E-state index contributed by atoms with van der Waals surface area (Å²) in [4.78, 5) is 25.5. The van der Waals surface area contributed by atoms with Crippen molar-refractivity contribution in [2.75, 3.05) is 26.7 Å². The van der Waals surface area contributed by atoms with Gasteiger partial charge in [0.05, 0.1) is 0 Å². The van der Waals surface area contributed by atoms with Gasteiger partial charge in [-0.15, -0.1) is 0 Å². The van der Waals surface area contributed by atoms with Crippen LogP contribution in [-0.2, 0) is 9.59 Å². The van der Waals surface area contributed by atoms with E-state index in [4.69, 9.17) is 5.11 Å².